The molecule has 1 aromatic rings. The quantitative estimate of drug-likeness (QED) is 0.652. The third-order valence-electron chi connectivity index (χ3n) is 2.56. The first kappa shape index (κ1) is 9.64. The summed E-state index contributed by atoms with van der Waals surface area (Å²) in [4.78, 5) is 6.43. The van der Waals surface area contributed by atoms with Gasteiger partial charge < -0.3 is 15.4 Å². The molecule has 0 spiro atoms. The van der Waals surface area contributed by atoms with Crippen LogP contribution in [0.1, 0.15) is 5.82 Å². The largest absolute Gasteiger partial charge is 0.390 e. The van der Waals surface area contributed by atoms with Gasteiger partial charge in [-0.25, -0.2) is 4.98 Å². The maximum absolute atomic E-state index is 9.41. The highest BCUT2D eigenvalue weighted by atomic mass is 16.3. The molecule has 0 amide bonds. The molecule has 5 heteroatoms. The Kier molecular flexibility index (Phi) is 2.81. The van der Waals surface area contributed by atoms with Gasteiger partial charge in [-0.05, 0) is 0 Å². The van der Waals surface area contributed by atoms with Crippen LogP contribution in [-0.2, 0) is 13.1 Å². The van der Waals surface area contributed by atoms with E-state index in [0.29, 0.717) is 13.1 Å². The molecule has 0 radical (unpaired) electrons. The SMILES string of the molecule is NC[C@H](O)CN1CCn2ccnc2C1. The summed E-state index contributed by atoms with van der Waals surface area (Å²) in [7, 11) is 0. The van der Waals surface area contributed by atoms with Gasteiger partial charge in [-0.3, -0.25) is 4.90 Å². The normalized spacial score (nSPS) is 19.3. The van der Waals surface area contributed by atoms with E-state index in [9.17, 15) is 5.11 Å². The van der Waals surface area contributed by atoms with E-state index >= 15 is 0 Å². The van der Waals surface area contributed by atoms with Crippen molar-refractivity contribution in [1.82, 2.24) is 14.5 Å². The van der Waals surface area contributed by atoms with Gasteiger partial charge in [0.15, 0.2) is 0 Å². The molecule has 0 unspecified atom stereocenters. The van der Waals surface area contributed by atoms with Gasteiger partial charge in [-0.1, -0.05) is 0 Å². The smallest absolute Gasteiger partial charge is 0.122 e. The van der Waals surface area contributed by atoms with Gasteiger partial charge in [-0.15, -0.1) is 0 Å². The first-order valence-corrected chi connectivity index (χ1v) is 4.90. The van der Waals surface area contributed by atoms with Gasteiger partial charge in [0.25, 0.3) is 0 Å². The van der Waals surface area contributed by atoms with Crippen molar-refractivity contribution in [2.24, 2.45) is 5.73 Å². The Morgan fingerprint density at radius 3 is 3.21 bits per heavy atom. The number of β-amino-alcohol motifs (C(OH)–C–C–N with tert-alkyl or cyclic N) is 1. The molecule has 1 aromatic heterocycles. The number of nitrogens with zero attached hydrogens (tertiary/aromatic N) is 3. The van der Waals surface area contributed by atoms with Crippen LogP contribution in [-0.4, -0.2) is 45.3 Å². The van der Waals surface area contributed by atoms with Crippen molar-refractivity contribution >= 4 is 0 Å². The average molecular weight is 196 g/mol. The first-order valence-electron chi connectivity index (χ1n) is 4.90. The van der Waals surface area contributed by atoms with Crippen LogP contribution in [0.15, 0.2) is 12.4 Å². The van der Waals surface area contributed by atoms with E-state index in [-0.39, 0.29) is 0 Å². The van der Waals surface area contributed by atoms with Gasteiger partial charge in [0.05, 0.1) is 12.6 Å². The van der Waals surface area contributed by atoms with E-state index in [1.807, 2.05) is 12.4 Å². The number of aromatic nitrogens is 2. The van der Waals surface area contributed by atoms with Gasteiger partial charge in [0, 0.05) is 38.6 Å². The molecule has 0 fully saturated rings. The number of hydrogen-bond acceptors (Lipinski definition) is 4. The molecule has 78 valence electrons. The van der Waals surface area contributed by atoms with Crippen molar-refractivity contribution in [2.75, 3.05) is 19.6 Å². The van der Waals surface area contributed by atoms with Crippen LogP contribution in [0, 0.1) is 0 Å². The molecule has 0 saturated carbocycles. The lowest BCUT2D eigenvalue weighted by Gasteiger charge is -2.28. The Morgan fingerprint density at radius 2 is 2.43 bits per heavy atom. The predicted molar refractivity (Wildman–Crippen MR) is 52.6 cm³/mol. The monoisotopic (exact) mass is 196 g/mol. The van der Waals surface area contributed by atoms with Crippen molar-refractivity contribution in [3.8, 4) is 0 Å². The van der Waals surface area contributed by atoms with Crippen molar-refractivity contribution < 1.29 is 5.11 Å². The van der Waals surface area contributed by atoms with Gasteiger partial charge in [0.1, 0.15) is 5.82 Å². The van der Waals surface area contributed by atoms with Crippen molar-refractivity contribution in [3.63, 3.8) is 0 Å². The fraction of sp³-hybridized carbons (Fsp3) is 0.667. The number of fused-ring (bicyclic) bond motifs is 1. The number of imidazole rings is 1. The summed E-state index contributed by atoms with van der Waals surface area (Å²) in [5.74, 6) is 1.07. The third kappa shape index (κ3) is 1.95. The molecule has 5 nitrogen and oxygen atoms in total. The van der Waals surface area contributed by atoms with Gasteiger partial charge in [-0.2, -0.15) is 0 Å². The Hall–Kier alpha value is -0.910. The molecule has 14 heavy (non-hydrogen) atoms. The van der Waals surface area contributed by atoms with E-state index in [2.05, 4.69) is 14.5 Å². The van der Waals surface area contributed by atoms with E-state index in [1.165, 1.54) is 0 Å². The number of aliphatic hydroxyl groups excluding tert-OH is 1. The first-order chi connectivity index (χ1) is 6.79. The molecule has 1 aliphatic heterocycles. The maximum atomic E-state index is 9.41. The van der Waals surface area contributed by atoms with Crippen LogP contribution in [0.5, 0.6) is 0 Å². The molecule has 1 aliphatic rings. The average Bonchev–Trinajstić information content (AvgIpc) is 2.64. The number of hydrogen-bond donors (Lipinski definition) is 2. The minimum absolute atomic E-state index is 0.324. The molecule has 2 heterocycles. The van der Waals surface area contributed by atoms with Crippen LogP contribution in [0.4, 0.5) is 0 Å². The number of rotatable bonds is 3. The second-order valence-electron chi connectivity index (χ2n) is 3.66. The summed E-state index contributed by atoms with van der Waals surface area (Å²) in [5.41, 5.74) is 5.37. The fourth-order valence-corrected chi connectivity index (χ4v) is 1.75. The van der Waals surface area contributed by atoms with Crippen LogP contribution < -0.4 is 5.73 Å². The summed E-state index contributed by atoms with van der Waals surface area (Å²) in [5, 5.41) is 9.41. The molecular formula is C9H16N4O. The predicted octanol–water partition coefficient (Wildman–Crippen LogP) is -0.982. The second kappa shape index (κ2) is 4.08. The van der Waals surface area contributed by atoms with Gasteiger partial charge >= 0.3 is 0 Å². The molecule has 0 saturated heterocycles. The summed E-state index contributed by atoms with van der Waals surface area (Å²) < 4.78 is 2.14. The van der Waals surface area contributed by atoms with Crippen LogP contribution >= 0.6 is 0 Å². The minimum Gasteiger partial charge on any atom is -0.390 e. The third-order valence-corrected chi connectivity index (χ3v) is 2.56. The fourth-order valence-electron chi connectivity index (χ4n) is 1.75. The number of aliphatic hydroxyl groups is 1. The Bertz CT molecular complexity index is 299. The Morgan fingerprint density at radius 1 is 1.57 bits per heavy atom. The van der Waals surface area contributed by atoms with Crippen LogP contribution in [0.2, 0.25) is 0 Å². The lowest BCUT2D eigenvalue weighted by Crippen LogP contribution is -2.40. The van der Waals surface area contributed by atoms with Crippen molar-refractivity contribution in [1.29, 1.82) is 0 Å². The highest BCUT2D eigenvalue weighted by Crippen LogP contribution is 2.09. The molecule has 2 rings (SSSR count). The van der Waals surface area contributed by atoms with E-state index in [4.69, 9.17) is 5.73 Å². The highest BCUT2D eigenvalue weighted by Gasteiger charge is 2.18. The second-order valence-corrected chi connectivity index (χ2v) is 3.66. The van der Waals surface area contributed by atoms with Crippen molar-refractivity contribution in [3.05, 3.63) is 18.2 Å². The van der Waals surface area contributed by atoms with E-state index in [1.54, 1.807) is 0 Å². The summed E-state index contributed by atoms with van der Waals surface area (Å²) >= 11 is 0. The zero-order chi connectivity index (χ0) is 9.97. The lowest BCUT2D eigenvalue weighted by molar-refractivity contribution is 0.101. The lowest BCUT2D eigenvalue weighted by atomic mass is 10.3. The van der Waals surface area contributed by atoms with Crippen molar-refractivity contribution in [2.45, 2.75) is 19.2 Å². The molecule has 0 bridgehead atoms. The molecule has 0 aromatic carbocycles. The molecular weight excluding hydrogens is 180 g/mol. The van der Waals surface area contributed by atoms with E-state index < -0.39 is 6.10 Å². The van der Waals surface area contributed by atoms with E-state index in [0.717, 1.165) is 25.5 Å². The van der Waals surface area contributed by atoms with Gasteiger partial charge in [0.2, 0.25) is 0 Å². The topological polar surface area (TPSA) is 67.3 Å². The Labute approximate surface area is 83.1 Å². The van der Waals surface area contributed by atoms with Crippen LogP contribution in [0.25, 0.3) is 0 Å². The Balaban J connectivity index is 1.94. The summed E-state index contributed by atoms with van der Waals surface area (Å²) in [6.45, 7) is 3.69. The molecule has 0 aliphatic carbocycles. The number of nitrogens with two attached hydrogens (primary N) is 1. The summed E-state index contributed by atoms with van der Waals surface area (Å²) in [6, 6.07) is 0. The highest BCUT2D eigenvalue weighted by molar-refractivity contribution is 4.95. The molecule has 3 N–H and O–H groups in total. The molecule has 1 atom stereocenters. The summed E-state index contributed by atoms with van der Waals surface area (Å²) in [6.07, 6.45) is 3.39. The van der Waals surface area contributed by atoms with Crippen LogP contribution in [0.3, 0.4) is 0 Å². The zero-order valence-electron chi connectivity index (χ0n) is 8.13. The maximum Gasteiger partial charge on any atom is 0.122 e. The zero-order valence-corrected chi connectivity index (χ0v) is 8.13. The minimum atomic E-state index is -0.420. The standard InChI is InChI=1S/C9H16N4O/c10-5-8(14)6-12-3-4-13-2-1-11-9(13)7-12/h1-2,8,14H,3-7,10H2/t8-/m0/s1.